The van der Waals surface area contributed by atoms with Crippen molar-refractivity contribution in [3.8, 4) is 0 Å². The van der Waals surface area contributed by atoms with Crippen LogP contribution >= 0.6 is 0 Å². The number of carbonyl (C=O) groups is 1. The number of hydrogen-bond acceptors (Lipinski definition) is 3. The summed E-state index contributed by atoms with van der Waals surface area (Å²) in [7, 11) is 0. The van der Waals surface area contributed by atoms with Gasteiger partial charge in [0.25, 0.3) is 0 Å². The van der Waals surface area contributed by atoms with Gasteiger partial charge in [0.05, 0.1) is 0 Å². The second-order valence-corrected chi connectivity index (χ2v) is 6.28. The Balaban J connectivity index is 1.90. The van der Waals surface area contributed by atoms with Crippen LogP contribution in [-0.4, -0.2) is 23.8 Å². The fourth-order valence-electron chi connectivity index (χ4n) is 3.39. The van der Waals surface area contributed by atoms with Crippen LogP contribution in [0.15, 0.2) is 48.5 Å². The topological polar surface area (TPSA) is 46.3 Å². The van der Waals surface area contributed by atoms with Crippen molar-refractivity contribution in [1.29, 1.82) is 0 Å². The van der Waals surface area contributed by atoms with Crippen LogP contribution in [0.5, 0.6) is 0 Å². The summed E-state index contributed by atoms with van der Waals surface area (Å²) in [5, 5.41) is 0. The third kappa shape index (κ3) is 3.30. The minimum absolute atomic E-state index is 0.00389. The molecule has 1 unspecified atom stereocenters. The Hall–Kier alpha value is -2.13. The van der Waals surface area contributed by atoms with Gasteiger partial charge < -0.3 is 5.73 Å². The van der Waals surface area contributed by atoms with Crippen LogP contribution in [0.4, 0.5) is 5.69 Å². The first-order valence-electron chi connectivity index (χ1n) is 8.40. The molecule has 0 spiro atoms. The number of benzene rings is 2. The predicted molar refractivity (Wildman–Crippen MR) is 94.6 cm³/mol. The zero-order valence-corrected chi connectivity index (χ0v) is 13.7. The van der Waals surface area contributed by atoms with Gasteiger partial charge in [0.1, 0.15) is 0 Å². The number of carbonyl (C=O) groups excluding carboxylic acids is 1. The van der Waals surface area contributed by atoms with Crippen LogP contribution in [0.3, 0.4) is 0 Å². The average Bonchev–Trinajstić information content (AvgIpc) is 2.62. The van der Waals surface area contributed by atoms with Gasteiger partial charge in [0.2, 0.25) is 0 Å². The van der Waals surface area contributed by atoms with Gasteiger partial charge in [0.15, 0.2) is 5.78 Å². The number of nitrogens with zero attached hydrogens (tertiary/aromatic N) is 1. The SMILES string of the molecule is CC(c1cccc(C(=O)c2ccccc2)c1N)N1CCCCC1. The van der Waals surface area contributed by atoms with E-state index in [2.05, 4.69) is 17.9 Å². The Kier molecular flexibility index (Phi) is 4.77. The maximum absolute atomic E-state index is 12.7. The highest BCUT2D eigenvalue weighted by molar-refractivity contribution is 6.12. The first kappa shape index (κ1) is 15.8. The largest absolute Gasteiger partial charge is 0.398 e. The minimum atomic E-state index is -0.00389. The van der Waals surface area contributed by atoms with E-state index in [4.69, 9.17) is 5.73 Å². The van der Waals surface area contributed by atoms with E-state index in [1.54, 1.807) is 0 Å². The van der Waals surface area contributed by atoms with Crippen LogP contribution < -0.4 is 5.73 Å². The van der Waals surface area contributed by atoms with E-state index >= 15 is 0 Å². The highest BCUT2D eigenvalue weighted by Gasteiger charge is 2.22. The first-order valence-corrected chi connectivity index (χ1v) is 8.40. The van der Waals surface area contributed by atoms with Gasteiger partial charge in [-0.15, -0.1) is 0 Å². The monoisotopic (exact) mass is 308 g/mol. The van der Waals surface area contributed by atoms with Crippen molar-refractivity contribution in [1.82, 2.24) is 4.90 Å². The van der Waals surface area contributed by atoms with Gasteiger partial charge in [-0.2, -0.15) is 0 Å². The second kappa shape index (κ2) is 6.97. The number of hydrogen-bond donors (Lipinski definition) is 1. The van der Waals surface area contributed by atoms with Crippen molar-refractivity contribution in [2.45, 2.75) is 32.2 Å². The molecule has 2 aromatic rings. The molecule has 0 saturated carbocycles. The first-order chi connectivity index (χ1) is 11.2. The van der Waals surface area contributed by atoms with Crippen molar-refractivity contribution in [3.05, 3.63) is 65.2 Å². The fourth-order valence-corrected chi connectivity index (χ4v) is 3.39. The normalized spacial score (nSPS) is 16.9. The molecular formula is C20H24N2O. The van der Waals surface area contributed by atoms with Crippen LogP contribution in [-0.2, 0) is 0 Å². The highest BCUT2D eigenvalue weighted by atomic mass is 16.1. The molecule has 1 heterocycles. The Morgan fingerprint density at radius 1 is 1.00 bits per heavy atom. The molecule has 0 aromatic heterocycles. The van der Waals surface area contributed by atoms with Gasteiger partial charge >= 0.3 is 0 Å². The average molecular weight is 308 g/mol. The molecule has 1 fully saturated rings. The molecule has 1 atom stereocenters. The number of para-hydroxylation sites is 1. The van der Waals surface area contributed by atoms with Crippen LogP contribution in [0.2, 0.25) is 0 Å². The summed E-state index contributed by atoms with van der Waals surface area (Å²) in [5.74, 6) is -0.00389. The maximum Gasteiger partial charge on any atom is 0.195 e. The van der Waals surface area contributed by atoms with E-state index in [9.17, 15) is 4.79 Å². The van der Waals surface area contributed by atoms with Gasteiger partial charge in [-0.1, -0.05) is 48.9 Å². The van der Waals surface area contributed by atoms with Gasteiger partial charge in [-0.3, -0.25) is 9.69 Å². The quantitative estimate of drug-likeness (QED) is 0.685. The molecule has 3 rings (SSSR count). The summed E-state index contributed by atoms with van der Waals surface area (Å²) in [6.07, 6.45) is 3.80. The van der Waals surface area contributed by atoms with E-state index in [0.29, 0.717) is 16.8 Å². The van der Waals surface area contributed by atoms with Crippen molar-refractivity contribution in [2.24, 2.45) is 0 Å². The molecule has 2 N–H and O–H groups in total. The zero-order chi connectivity index (χ0) is 16.2. The van der Waals surface area contributed by atoms with Crippen LogP contribution in [0.1, 0.15) is 53.7 Å². The highest BCUT2D eigenvalue weighted by Crippen LogP contribution is 2.31. The summed E-state index contributed by atoms with van der Waals surface area (Å²) in [5.41, 5.74) is 9.36. The number of ketones is 1. The van der Waals surface area contributed by atoms with E-state index in [-0.39, 0.29) is 11.8 Å². The maximum atomic E-state index is 12.7. The summed E-state index contributed by atoms with van der Waals surface area (Å²) >= 11 is 0. The molecule has 1 aliphatic heterocycles. The minimum Gasteiger partial charge on any atom is -0.398 e. The van der Waals surface area contributed by atoms with E-state index in [0.717, 1.165) is 18.7 Å². The van der Waals surface area contributed by atoms with E-state index < -0.39 is 0 Å². The molecule has 0 aliphatic carbocycles. The smallest absolute Gasteiger partial charge is 0.195 e. The van der Waals surface area contributed by atoms with Crippen molar-refractivity contribution in [3.63, 3.8) is 0 Å². The third-order valence-electron chi connectivity index (χ3n) is 4.81. The van der Waals surface area contributed by atoms with Gasteiger partial charge in [-0.25, -0.2) is 0 Å². The lowest BCUT2D eigenvalue weighted by atomic mass is 9.95. The predicted octanol–water partition coefficient (Wildman–Crippen LogP) is 4.05. The number of rotatable bonds is 4. The van der Waals surface area contributed by atoms with E-state index in [1.807, 2.05) is 42.5 Å². The Bertz CT molecular complexity index is 675. The van der Waals surface area contributed by atoms with Crippen molar-refractivity contribution < 1.29 is 4.79 Å². The number of likely N-dealkylation sites (tertiary alicyclic amines) is 1. The molecule has 23 heavy (non-hydrogen) atoms. The fraction of sp³-hybridized carbons (Fsp3) is 0.350. The molecule has 1 aliphatic rings. The Labute approximate surface area is 138 Å². The van der Waals surface area contributed by atoms with Gasteiger partial charge in [0, 0.05) is 22.9 Å². The summed E-state index contributed by atoms with van der Waals surface area (Å²) < 4.78 is 0. The number of anilines is 1. The lowest BCUT2D eigenvalue weighted by molar-refractivity contribution is 0.103. The van der Waals surface area contributed by atoms with E-state index in [1.165, 1.54) is 19.3 Å². The van der Waals surface area contributed by atoms with Crippen LogP contribution in [0.25, 0.3) is 0 Å². The second-order valence-electron chi connectivity index (χ2n) is 6.28. The summed E-state index contributed by atoms with van der Waals surface area (Å²) in [4.78, 5) is 15.2. The molecule has 120 valence electrons. The summed E-state index contributed by atoms with van der Waals surface area (Å²) in [6, 6.07) is 15.4. The lowest BCUT2D eigenvalue weighted by Gasteiger charge is -2.33. The molecular weight excluding hydrogens is 284 g/mol. The molecule has 1 saturated heterocycles. The molecule has 0 bridgehead atoms. The Morgan fingerprint density at radius 2 is 1.70 bits per heavy atom. The molecule has 3 nitrogen and oxygen atoms in total. The lowest BCUT2D eigenvalue weighted by Crippen LogP contribution is -2.32. The van der Waals surface area contributed by atoms with Crippen LogP contribution in [0, 0.1) is 0 Å². The molecule has 0 amide bonds. The van der Waals surface area contributed by atoms with Gasteiger partial charge in [-0.05, 0) is 44.5 Å². The standard InChI is InChI=1S/C20H24N2O/c1-15(22-13-6-3-7-14-22)17-11-8-12-18(19(17)21)20(23)16-9-4-2-5-10-16/h2,4-5,8-12,15H,3,6-7,13-14,21H2,1H3. The molecule has 3 heteroatoms. The number of nitrogen functional groups attached to an aromatic ring is 1. The number of nitrogens with two attached hydrogens (primary N) is 1. The number of piperidine rings is 1. The molecule has 0 radical (unpaired) electrons. The molecule has 2 aromatic carbocycles. The summed E-state index contributed by atoms with van der Waals surface area (Å²) in [6.45, 7) is 4.41. The zero-order valence-electron chi connectivity index (χ0n) is 13.7. The van der Waals surface area contributed by atoms with Crippen molar-refractivity contribution >= 4 is 11.5 Å². The van der Waals surface area contributed by atoms with Crippen molar-refractivity contribution in [2.75, 3.05) is 18.8 Å². The Morgan fingerprint density at radius 3 is 2.39 bits per heavy atom. The third-order valence-corrected chi connectivity index (χ3v) is 4.81.